The Morgan fingerprint density at radius 3 is 3.06 bits per heavy atom. The SMILES string of the molecule is CCC1Cc2cc(CCC[N-]C)ccc2O1. The van der Waals surface area contributed by atoms with Gasteiger partial charge in [-0.1, -0.05) is 25.5 Å². The Morgan fingerprint density at radius 2 is 2.31 bits per heavy atom. The van der Waals surface area contributed by atoms with Crippen molar-refractivity contribution in [2.75, 3.05) is 13.6 Å². The molecule has 0 saturated heterocycles. The normalized spacial score (nSPS) is 18.2. The van der Waals surface area contributed by atoms with Crippen LogP contribution in [0.25, 0.3) is 5.32 Å². The zero-order valence-electron chi connectivity index (χ0n) is 10.2. The van der Waals surface area contributed by atoms with Crippen LogP contribution < -0.4 is 4.74 Å². The lowest BCUT2D eigenvalue weighted by molar-refractivity contribution is 0.228. The van der Waals surface area contributed by atoms with Crippen LogP contribution >= 0.6 is 0 Å². The highest BCUT2D eigenvalue weighted by atomic mass is 16.5. The Balaban J connectivity index is 1.98. The van der Waals surface area contributed by atoms with E-state index in [1.807, 2.05) is 7.05 Å². The summed E-state index contributed by atoms with van der Waals surface area (Å²) < 4.78 is 5.82. The van der Waals surface area contributed by atoms with E-state index in [0.717, 1.165) is 38.0 Å². The number of aryl methyl sites for hydroxylation is 1. The average Bonchev–Trinajstić information content (AvgIpc) is 2.71. The Hall–Kier alpha value is -1.02. The molecule has 1 aromatic carbocycles. The van der Waals surface area contributed by atoms with Crippen LogP contribution in [-0.2, 0) is 12.8 Å². The Labute approximate surface area is 98.0 Å². The van der Waals surface area contributed by atoms with Gasteiger partial charge in [-0.05, 0) is 30.0 Å². The van der Waals surface area contributed by atoms with Crippen molar-refractivity contribution in [3.05, 3.63) is 34.6 Å². The van der Waals surface area contributed by atoms with Gasteiger partial charge in [0, 0.05) is 6.42 Å². The summed E-state index contributed by atoms with van der Waals surface area (Å²) in [5, 5.41) is 4.12. The van der Waals surface area contributed by atoms with Gasteiger partial charge < -0.3 is 10.1 Å². The number of hydrogen-bond acceptors (Lipinski definition) is 1. The molecule has 1 heterocycles. The van der Waals surface area contributed by atoms with Gasteiger partial charge in [0.15, 0.2) is 0 Å². The second-order valence-electron chi connectivity index (χ2n) is 4.44. The van der Waals surface area contributed by atoms with Crippen molar-refractivity contribution in [1.29, 1.82) is 0 Å². The fourth-order valence-corrected chi connectivity index (χ4v) is 2.20. The van der Waals surface area contributed by atoms with E-state index in [4.69, 9.17) is 4.74 Å². The Kier molecular flexibility index (Phi) is 3.83. The fourth-order valence-electron chi connectivity index (χ4n) is 2.20. The molecule has 0 radical (unpaired) electrons. The first-order valence-electron chi connectivity index (χ1n) is 6.17. The maximum absolute atomic E-state index is 5.82. The molecule has 2 nitrogen and oxygen atoms in total. The van der Waals surface area contributed by atoms with E-state index in [2.05, 4.69) is 30.4 Å². The Bertz CT molecular complexity index is 349. The van der Waals surface area contributed by atoms with Crippen LogP contribution in [0.15, 0.2) is 18.2 Å². The lowest BCUT2D eigenvalue weighted by Gasteiger charge is -2.10. The van der Waals surface area contributed by atoms with Crippen molar-refractivity contribution < 1.29 is 4.74 Å². The molecule has 1 aliphatic heterocycles. The third-order valence-electron chi connectivity index (χ3n) is 3.17. The van der Waals surface area contributed by atoms with E-state index in [9.17, 15) is 0 Å². The summed E-state index contributed by atoms with van der Waals surface area (Å²) in [5.74, 6) is 1.09. The maximum atomic E-state index is 5.82. The molecular weight excluding hydrogens is 198 g/mol. The van der Waals surface area contributed by atoms with E-state index >= 15 is 0 Å². The van der Waals surface area contributed by atoms with Crippen molar-refractivity contribution in [2.45, 2.75) is 38.7 Å². The fraction of sp³-hybridized carbons (Fsp3) is 0.571. The first kappa shape index (κ1) is 11.5. The topological polar surface area (TPSA) is 23.3 Å². The maximum Gasteiger partial charge on any atom is 0.123 e. The number of hydrogen-bond donors (Lipinski definition) is 0. The van der Waals surface area contributed by atoms with Crippen molar-refractivity contribution >= 4 is 0 Å². The smallest absolute Gasteiger partial charge is 0.123 e. The summed E-state index contributed by atoms with van der Waals surface area (Å²) in [6.45, 7) is 3.14. The van der Waals surface area contributed by atoms with Crippen LogP contribution in [0, 0.1) is 0 Å². The predicted molar refractivity (Wildman–Crippen MR) is 67.3 cm³/mol. The van der Waals surface area contributed by atoms with Crippen LogP contribution in [-0.4, -0.2) is 19.7 Å². The molecule has 0 fully saturated rings. The lowest BCUT2D eigenvalue weighted by Crippen LogP contribution is -2.10. The molecule has 1 aliphatic rings. The van der Waals surface area contributed by atoms with E-state index < -0.39 is 0 Å². The van der Waals surface area contributed by atoms with Crippen molar-refractivity contribution in [1.82, 2.24) is 0 Å². The highest BCUT2D eigenvalue weighted by Crippen LogP contribution is 2.30. The molecule has 1 aromatic rings. The van der Waals surface area contributed by atoms with E-state index in [0.29, 0.717) is 6.10 Å². The molecule has 0 saturated carbocycles. The van der Waals surface area contributed by atoms with Crippen LogP contribution in [0.1, 0.15) is 30.9 Å². The third kappa shape index (κ3) is 2.56. The van der Waals surface area contributed by atoms with Crippen molar-refractivity contribution in [3.63, 3.8) is 0 Å². The number of nitrogens with zero attached hydrogens (tertiary/aromatic N) is 1. The Morgan fingerprint density at radius 1 is 1.44 bits per heavy atom. The van der Waals surface area contributed by atoms with Gasteiger partial charge in [-0.15, -0.1) is 6.54 Å². The molecule has 88 valence electrons. The summed E-state index contributed by atoms with van der Waals surface area (Å²) in [7, 11) is 1.88. The molecule has 1 unspecified atom stereocenters. The van der Waals surface area contributed by atoms with Gasteiger partial charge in [-0.25, -0.2) is 0 Å². The molecule has 1 atom stereocenters. The minimum atomic E-state index is 0.399. The zero-order chi connectivity index (χ0) is 11.4. The summed E-state index contributed by atoms with van der Waals surface area (Å²) in [6, 6.07) is 6.62. The van der Waals surface area contributed by atoms with Crippen molar-refractivity contribution in [2.24, 2.45) is 0 Å². The highest BCUT2D eigenvalue weighted by molar-refractivity contribution is 5.40. The summed E-state index contributed by atoms with van der Waals surface area (Å²) in [6.07, 6.45) is 4.85. The van der Waals surface area contributed by atoms with E-state index in [1.165, 1.54) is 11.1 Å². The molecule has 0 spiro atoms. The minimum Gasteiger partial charge on any atom is -0.665 e. The zero-order valence-corrected chi connectivity index (χ0v) is 10.2. The molecule has 0 aromatic heterocycles. The van der Waals surface area contributed by atoms with Gasteiger partial charge in [0.2, 0.25) is 0 Å². The molecule has 16 heavy (non-hydrogen) atoms. The van der Waals surface area contributed by atoms with Gasteiger partial charge in [0.05, 0.1) is 0 Å². The molecule has 0 bridgehead atoms. The van der Waals surface area contributed by atoms with Crippen LogP contribution in [0.5, 0.6) is 5.75 Å². The standard InChI is InChI=1S/C14H20NO/c1-3-13-10-12-9-11(5-4-8-15-2)6-7-14(12)16-13/h6-7,9,13H,3-5,8,10H2,1-2H3/q-1. The second kappa shape index (κ2) is 5.35. The minimum absolute atomic E-state index is 0.399. The number of benzene rings is 1. The van der Waals surface area contributed by atoms with Gasteiger partial charge in [0.25, 0.3) is 0 Å². The van der Waals surface area contributed by atoms with E-state index in [-0.39, 0.29) is 0 Å². The predicted octanol–water partition coefficient (Wildman–Crippen LogP) is 3.34. The average molecular weight is 218 g/mol. The second-order valence-corrected chi connectivity index (χ2v) is 4.44. The molecule has 0 amide bonds. The molecule has 2 rings (SSSR count). The van der Waals surface area contributed by atoms with Gasteiger partial charge in [-0.2, -0.15) is 7.05 Å². The summed E-state index contributed by atoms with van der Waals surface area (Å²) >= 11 is 0. The number of ether oxygens (including phenoxy) is 1. The molecule has 0 N–H and O–H groups in total. The van der Waals surface area contributed by atoms with Crippen LogP contribution in [0.4, 0.5) is 0 Å². The molecule has 2 heteroatoms. The van der Waals surface area contributed by atoms with Gasteiger partial charge in [0.1, 0.15) is 11.9 Å². The number of fused-ring (bicyclic) bond motifs is 1. The van der Waals surface area contributed by atoms with Crippen LogP contribution in [0.2, 0.25) is 0 Å². The van der Waals surface area contributed by atoms with Gasteiger partial charge >= 0.3 is 0 Å². The summed E-state index contributed by atoms with van der Waals surface area (Å²) in [4.78, 5) is 0. The first-order chi connectivity index (χ1) is 7.83. The highest BCUT2D eigenvalue weighted by Gasteiger charge is 2.20. The largest absolute Gasteiger partial charge is 0.665 e. The molecule has 0 aliphatic carbocycles. The molecular formula is C14H20NO-. The quantitative estimate of drug-likeness (QED) is 0.695. The lowest BCUT2D eigenvalue weighted by atomic mass is 10.0. The third-order valence-corrected chi connectivity index (χ3v) is 3.17. The number of rotatable bonds is 5. The van der Waals surface area contributed by atoms with Gasteiger partial charge in [-0.3, -0.25) is 0 Å². The monoisotopic (exact) mass is 218 g/mol. The first-order valence-corrected chi connectivity index (χ1v) is 6.17. The van der Waals surface area contributed by atoms with Crippen molar-refractivity contribution in [3.8, 4) is 5.75 Å². The van der Waals surface area contributed by atoms with E-state index in [1.54, 1.807) is 0 Å². The summed E-state index contributed by atoms with van der Waals surface area (Å²) in [5.41, 5.74) is 2.81. The van der Waals surface area contributed by atoms with Crippen LogP contribution in [0.3, 0.4) is 0 Å².